The summed E-state index contributed by atoms with van der Waals surface area (Å²) in [6.45, 7) is 1.50. The maximum atomic E-state index is 13.2. The number of nitrogen functional groups attached to an aromatic ring is 1. The lowest BCUT2D eigenvalue weighted by atomic mass is 10.0. The molecule has 1 aromatic carbocycles. The number of amides is 1. The summed E-state index contributed by atoms with van der Waals surface area (Å²) in [7, 11) is 3.22. The molecule has 10 heteroatoms. The van der Waals surface area contributed by atoms with E-state index in [1.165, 1.54) is 0 Å². The molecule has 1 amide bonds. The molecule has 0 fully saturated rings. The van der Waals surface area contributed by atoms with Gasteiger partial charge in [0.05, 0.1) is 19.3 Å². The Kier molecular flexibility index (Phi) is 5.36. The summed E-state index contributed by atoms with van der Waals surface area (Å²) in [5.41, 5.74) is 7.63. The van der Waals surface area contributed by atoms with Gasteiger partial charge >= 0.3 is 0 Å². The van der Waals surface area contributed by atoms with Crippen LogP contribution in [0.2, 0.25) is 0 Å². The third kappa shape index (κ3) is 3.76. The highest BCUT2D eigenvalue weighted by Crippen LogP contribution is 2.37. The van der Waals surface area contributed by atoms with Crippen molar-refractivity contribution >= 4 is 23.4 Å². The van der Waals surface area contributed by atoms with Gasteiger partial charge in [0.2, 0.25) is 12.7 Å². The summed E-state index contributed by atoms with van der Waals surface area (Å²) in [4.78, 5) is 23.4. The maximum Gasteiger partial charge on any atom is 0.277 e. The van der Waals surface area contributed by atoms with Gasteiger partial charge in [0.25, 0.3) is 5.91 Å². The van der Waals surface area contributed by atoms with Crippen molar-refractivity contribution in [3.63, 3.8) is 0 Å². The number of anilines is 3. The second-order valence-corrected chi connectivity index (χ2v) is 6.75. The van der Waals surface area contributed by atoms with Crippen molar-refractivity contribution in [3.8, 4) is 11.5 Å². The second-order valence-electron chi connectivity index (χ2n) is 6.75. The van der Waals surface area contributed by atoms with E-state index in [4.69, 9.17) is 24.7 Å². The molecule has 29 heavy (non-hydrogen) atoms. The van der Waals surface area contributed by atoms with E-state index in [0.717, 1.165) is 5.56 Å². The van der Waals surface area contributed by atoms with E-state index < -0.39 is 0 Å². The van der Waals surface area contributed by atoms with E-state index in [-0.39, 0.29) is 30.4 Å². The van der Waals surface area contributed by atoms with Gasteiger partial charge in [-0.2, -0.15) is 4.98 Å². The van der Waals surface area contributed by atoms with Crippen LogP contribution in [0.1, 0.15) is 16.1 Å². The number of rotatable bonds is 7. The Morgan fingerprint density at radius 1 is 1.21 bits per heavy atom. The van der Waals surface area contributed by atoms with E-state index in [0.29, 0.717) is 49.2 Å². The molecule has 0 saturated heterocycles. The number of nitrogens with one attached hydrogen (secondary N) is 1. The van der Waals surface area contributed by atoms with Crippen molar-refractivity contribution in [3.05, 3.63) is 29.5 Å². The van der Waals surface area contributed by atoms with Gasteiger partial charge in [-0.15, -0.1) is 0 Å². The molecule has 1 aromatic heterocycles. The number of ether oxygens (including phenoxy) is 4. The minimum atomic E-state index is -0.239. The summed E-state index contributed by atoms with van der Waals surface area (Å²) >= 11 is 0. The molecule has 2 aromatic rings. The van der Waals surface area contributed by atoms with E-state index in [1.54, 1.807) is 31.3 Å². The first-order chi connectivity index (χ1) is 14.1. The molecular weight excluding hydrogens is 378 g/mol. The van der Waals surface area contributed by atoms with Crippen LogP contribution in [0.15, 0.2) is 18.2 Å². The molecule has 10 nitrogen and oxygen atoms in total. The highest BCUT2D eigenvalue weighted by Gasteiger charge is 2.31. The van der Waals surface area contributed by atoms with Crippen LogP contribution in [0, 0.1) is 0 Å². The average Bonchev–Trinajstić information content (AvgIpc) is 3.17. The summed E-state index contributed by atoms with van der Waals surface area (Å²) in [5.74, 6) is 1.61. The molecule has 0 atom stereocenters. The Morgan fingerprint density at radius 2 is 1.97 bits per heavy atom. The number of carbonyl (C=O) groups is 1. The highest BCUT2D eigenvalue weighted by molar-refractivity contribution is 6.07. The fourth-order valence-electron chi connectivity index (χ4n) is 3.51. The van der Waals surface area contributed by atoms with Crippen LogP contribution in [-0.4, -0.2) is 62.7 Å². The van der Waals surface area contributed by atoms with Gasteiger partial charge in [-0.05, 0) is 18.6 Å². The SMILES string of the molecule is COCC(COC)Nc1nc(N)nc2c1CCN(c1ccc3c(c1)OCO3)C2=O. The van der Waals surface area contributed by atoms with Crippen LogP contribution in [0.25, 0.3) is 0 Å². The molecule has 0 aliphatic carbocycles. The van der Waals surface area contributed by atoms with Crippen LogP contribution in [0.5, 0.6) is 11.5 Å². The smallest absolute Gasteiger partial charge is 0.277 e. The zero-order chi connectivity index (χ0) is 20.4. The minimum Gasteiger partial charge on any atom is -0.454 e. The molecule has 154 valence electrons. The number of methoxy groups -OCH3 is 2. The molecule has 3 heterocycles. The quantitative estimate of drug-likeness (QED) is 0.701. The third-order valence-corrected chi connectivity index (χ3v) is 4.80. The summed E-state index contributed by atoms with van der Waals surface area (Å²) in [6.07, 6.45) is 0.574. The number of hydrogen-bond donors (Lipinski definition) is 2. The first-order valence-electron chi connectivity index (χ1n) is 9.23. The van der Waals surface area contributed by atoms with Crippen LogP contribution in [0.4, 0.5) is 17.5 Å². The van der Waals surface area contributed by atoms with Crippen molar-refractivity contribution in [1.29, 1.82) is 0 Å². The lowest BCUT2D eigenvalue weighted by Crippen LogP contribution is -2.40. The molecule has 2 aliphatic rings. The monoisotopic (exact) mass is 401 g/mol. The molecule has 0 spiro atoms. The van der Waals surface area contributed by atoms with Crippen molar-refractivity contribution in [2.24, 2.45) is 0 Å². The summed E-state index contributed by atoms with van der Waals surface area (Å²) < 4.78 is 21.2. The molecule has 0 saturated carbocycles. The van der Waals surface area contributed by atoms with Gasteiger partial charge in [0.1, 0.15) is 11.5 Å². The number of carbonyl (C=O) groups excluding carboxylic acids is 1. The Hall–Kier alpha value is -3.11. The van der Waals surface area contributed by atoms with Crippen LogP contribution >= 0.6 is 0 Å². The van der Waals surface area contributed by atoms with E-state index in [2.05, 4.69) is 15.3 Å². The molecule has 2 aliphatic heterocycles. The van der Waals surface area contributed by atoms with E-state index in [1.807, 2.05) is 6.07 Å². The van der Waals surface area contributed by atoms with Crippen molar-refractivity contribution < 1.29 is 23.7 Å². The highest BCUT2D eigenvalue weighted by atomic mass is 16.7. The van der Waals surface area contributed by atoms with Gasteiger partial charge in [0.15, 0.2) is 11.5 Å². The van der Waals surface area contributed by atoms with Gasteiger partial charge in [-0.25, -0.2) is 4.98 Å². The first-order valence-corrected chi connectivity index (χ1v) is 9.23. The van der Waals surface area contributed by atoms with Crippen LogP contribution in [0.3, 0.4) is 0 Å². The summed E-state index contributed by atoms with van der Waals surface area (Å²) in [6, 6.07) is 5.28. The number of benzene rings is 1. The Bertz CT molecular complexity index is 916. The van der Waals surface area contributed by atoms with E-state index in [9.17, 15) is 4.79 Å². The molecule has 4 rings (SSSR count). The van der Waals surface area contributed by atoms with Gasteiger partial charge < -0.3 is 34.9 Å². The number of fused-ring (bicyclic) bond motifs is 2. The lowest BCUT2D eigenvalue weighted by molar-refractivity contribution is 0.0975. The zero-order valence-electron chi connectivity index (χ0n) is 16.3. The number of hydrogen-bond acceptors (Lipinski definition) is 9. The minimum absolute atomic E-state index is 0.0284. The average molecular weight is 401 g/mol. The molecule has 0 bridgehead atoms. The molecule has 0 radical (unpaired) electrons. The maximum absolute atomic E-state index is 13.2. The van der Waals surface area contributed by atoms with Crippen LogP contribution < -0.4 is 25.4 Å². The van der Waals surface area contributed by atoms with E-state index >= 15 is 0 Å². The largest absolute Gasteiger partial charge is 0.454 e. The van der Waals surface area contributed by atoms with Crippen molar-refractivity contribution in [2.75, 3.05) is 56.7 Å². The van der Waals surface area contributed by atoms with Gasteiger partial charge in [-0.3, -0.25) is 4.79 Å². The third-order valence-electron chi connectivity index (χ3n) is 4.80. The molecule has 3 N–H and O–H groups in total. The summed E-state index contributed by atoms with van der Waals surface area (Å²) in [5, 5.41) is 3.27. The Labute approximate surface area is 167 Å². The first kappa shape index (κ1) is 19.2. The van der Waals surface area contributed by atoms with Gasteiger partial charge in [0, 0.05) is 38.1 Å². The number of nitrogens with zero attached hydrogens (tertiary/aromatic N) is 3. The Balaban J connectivity index is 1.63. The van der Waals surface area contributed by atoms with Crippen LogP contribution in [-0.2, 0) is 15.9 Å². The standard InChI is InChI=1S/C19H23N5O5/c1-26-8-11(9-27-2)21-17-13-5-6-24(18(25)16(13)22-19(20)23-17)12-3-4-14-15(7-12)29-10-28-14/h3-4,7,11H,5-6,8-10H2,1-2H3,(H3,20,21,22,23). The fraction of sp³-hybridized carbons (Fsp3) is 0.421. The number of aromatic nitrogens is 2. The molecule has 0 unspecified atom stereocenters. The van der Waals surface area contributed by atoms with Crippen molar-refractivity contribution in [1.82, 2.24) is 9.97 Å². The number of nitrogens with two attached hydrogens (primary N) is 1. The predicted octanol–water partition coefficient (Wildman–Crippen LogP) is 1.06. The normalized spacial score (nSPS) is 15.0. The Morgan fingerprint density at radius 3 is 2.72 bits per heavy atom. The predicted molar refractivity (Wildman–Crippen MR) is 106 cm³/mol. The second kappa shape index (κ2) is 8.10. The fourth-order valence-corrected chi connectivity index (χ4v) is 3.51. The topological polar surface area (TPSA) is 121 Å². The zero-order valence-corrected chi connectivity index (χ0v) is 16.3. The molecular formula is C19H23N5O5. The lowest BCUT2D eigenvalue weighted by Gasteiger charge is -2.30. The van der Waals surface area contributed by atoms with Gasteiger partial charge in [-0.1, -0.05) is 0 Å². The van der Waals surface area contributed by atoms with Crippen molar-refractivity contribution in [2.45, 2.75) is 12.5 Å².